The molecule has 0 spiro atoms. The Balaban J connectivity index is 2.34. The molecule has 0 aliphatic rings. The lowest BCUT2D eigenvalue weighted by atomic mass is 9.81. The van der Waals surface area contributed by atoms with Gasteiger partial charge in [0.25, 0.3) is 0 Å². The van der Waals surface area contributed by atoms with Gasteiger partial charge in [0, 0.05) is 13.1 Å². The molecule has 0 aliphatic carbocycles. The maximum absolute atomic E-state index is 10.0. The Morgan fingerprint density at radius 2 is 1.90 bits per heavy atom. The van der Waals surface area contributed by atoms with E-state index in [9.17, 15) is 5.11 Å². The van der Waals surface area contributed by atoms with Gasteiger partial charge in [-0.3, -0.25) is 0 Å². The molecule has 0 saturated carbocycles. The van der Waals surface area contributed by atoms with E-state index in [0.29, 0.717) is 19.1 Å². The first kappa shape index (κ1) is 18.0. The first-order chi connectivity index (χ1) is 9.72. The Bertz CT molecular complexity index is 441. The van der Waals surface area contributed by atoms with Crippen LogP contribution in [0.1, 0.15) is 38.8 Å². The van der Waals surface area contributed by atoms with Crippen LogP contribution >= 0.6 is 0 Å². The quantitative estimate of drug-likeness (QED) is 0.772. The first-order valence-electron chi connectivity index (χ1n) is 7.81. The summed E-state index contributed by atoms with van der Waals surface area (Å²) >= 11 is 0. The third-order valence-corrected chi connectivity index (χ3v) is 4.30. The molecule has 0 fully saturated rings. The molecule has 0 radical (unpaired) electrons. The predicted octanol–water partition coefficient (Wildman–Crippen LogP) is 3.31. The highest BCUT2D eigenvalue weighted by molar-refractivity contribution is 5.35. The Morgan fingerprint density at radius 1 is 1.24 bits per heavy atom. The molecule has 0 heterocycles. The zero-order chi connectivity index (χ0) is 16.0. The maximum Gasteiger partial charge on any atom is 0.122 e. The van der Waals surface area contributed by atoms with Crippen molar-refractivity contribution in [2.45, 2.75) is 47.6 Å². The van der Waals surface area contributed by atoms with Crippen LogP contribution in [-0.4, -0.2) is 30.9 Å². The van der Waals surface area contributed by atoms with Crippen molar-refractivity contribution in [3.05, 3.63) is 29.3 Å². The van der Waals surface area contributed by atoms with Crippen molar-refractivity contribution in [1.82, 2.24) is 5.32 Å². The topological polar surface area (TPSA) is 41.5 Å². The van der Waals surface area contributed by atoms with E-state index in [1.54, 1.807) is 0 Å². The van der Waals surface area contributed by atoms with E-state index in [1.165, 1.54) is 5.56 Å². The van der Waals surface area contributed by atoms with Crippen molar-refractivity contribution in [1.29, 1.82) is 0 Å². The van der Waals surface area contributed by atoms with E-state index in [4.69, 9.17) is 4.74 Å². The first-order valence-corrected chi connectivity index (χ1v) is 7.81. The van der Waals surface area contributed by atoms with Gasteiger partial charge >= 0.3 is 0 Å². The van der Waals surface area contributed by atoms with Gasteiger partial charge in [-0.1, -0.05) is 39.8 Å². The average molecular weight is 293 g/mol. The van der Waals surface area contributed by atoms with E-state index >= 15 is 0 Å². The Morgan fingerprint density at radius 3 is 2.52 bits per heavy atom. The second-order valence-electron chi connectivity index (χ2n) is 7.01. The molecule has 0 aliphatic heterocycles. The number of benzene rings is 1. The minimum absolute atomic E-state index is 0.230. The molecule has 21 heavy (non-hydrogen) atoms. The second kappa shape index (κ2) is 7.81. The van der Waals surface area contributed by atoms with E-state index < -0.39 is 6.10 Å². The van der Waals surface area contributed by atoms with Crippen LogP contribution in [0.5, 0.6) is 5.75 Å². The zero-order valence-electron chi connectivity index (χ0n) is 14.4. The van der Waals surface area contributed by atoms with Gasteiger partial charge in [-0.05, 0) is 42.4 Å². The lowest BCUT2D eigenvalue weighted by Gasteiger charge is -2.30. The minimum atomic E-state index is -0.493. The lowest BCUT2D eigenvalue weighted by molar-refractivity contribution is 0.101. The highest BCUT2D eigenvalue weighted by atomic mass is 16.5. The van der Waals surface area contributed by atoms with Gasteiger partial charge in [-0.15, -0.1) is 0 Å². The van der Waals surface area contributed by atoms with Gasteiger partial charge < -0.3 is 15.2 Å². The summed E-state index contributed by atoms with van der Waals surface area (Å²) in [6, 6.07) is 6.12. The van der Waals surface area contributed by atoms with Gasteiger partial charge in [0.05, 0.1) is 0 Å². The van der Waals surface area contributed by atoms with E-state index in [2.05, 4.69) is 39.1 Å². The molecule has 0 aromatic heterocycles. The van der Waals surface area contributed by atoms with Crippen molar-refractivity contribution >= 4 is 0 Å². The van der Waals surface area contributed by atoms with Gasteiger partial charge in [0.2, 0.25) is 0 Å². The fourth-order valence-corrected chi connectivity index (χ4v) is 1.87. The number of rotatable bonds is 8. The molecule has 0 saturated heterocycles. The molecule has 1 atom stereocenters. The van der Waals surface area contributed by atoms with E-state index in [-0.39, 0.29) is 5.41 Å². The SMILES string of the molecule is Cc1ccc(C)c(OCC(O)CNCC(C)(C)C(C)C)c1. The molecule has 1 aromatic carbocycles. The summed E-state index contributed by atoms with van der Waals surface area (Å²) in [5.41, 5.74) is 2.50. The van der Waals surface area contributed by atoms with Crippen LogP contribution < -0.4 is 10.1 Å². The van der Waals surface area contributed by atoms with Gasteiger partial charge in [0.15, 0.2) is 0 Å². The third-order valence-electron chi connectivity index (χ3n) is 4.30. The highest BCUT2D eigenvalue weighted by Crippen LogP contribution is 2.24. The van der Waals surface area contributed by atoms with Crippen LogP contribution in [0.4, 0.5) is 0 Å². The predicted molar refractivity (Wildman–Crippen MR) is 88.9 cm³/mol. The van der Waals surface area contributed by atoms with Crippen molar-refractivity contribution in [2.24, 2.45) is 11.3 Å². The standard InChI is InChI=1S/C18H31NO2/c1-13(2)18(5,6)12-19-10-16(20)11-21-17-9-14(3)7-8-15(17)4/h7-9,13,16,19-20H,10-12H2,1-6H3. The van der Waals surface area contributed by atoms with E-state index in [1.807, 2.05) is 26.0 Å². The van der Waals surface area contributed by atoms with Gasteiger partial charge in [-0.25, -0.2) is 0 Å². The summed E-state index contributed by atoms with van der Waals surface area (Å²) in [7, 11) is 0. The molecule has 0 bridgehead atoms. The van der Waals surface area contributed by atoms with E-state index in [0.717, 1.165) is 17.9 Å². The third kappa shape index (κ3) is 6.06. The van der Waals surface area contributed by atoms with Crippen LogP contribution in [0, 0.1) is 25.2 Å². The molecular weight excluding hydrogens is 262 g/mol. The normalized spacial score (nSPS) is 13.5. The fourth-order valence-electron chi connectivity index (χ4n) is 1.87. The molecule has 0 amide bonds. The number of ether oxygens (including phenoxy) is 1. The number of aryl methyl sites for hydroxylation is 2. The summed E-state index contributed by atoms with van der Waals surface area (Å²) in [5, 5.41) is 13.4. The van der Waals surface area contributed by atoms with Crippen molar-refractivity contribution in [3.8, 4) is 5.75 Å². The Hall–Kier alpha value is -1.06. The summed E-state index contributed by atoms with van der Waals surface area (Å²) in [6.07, 6.45) is -0.493. The van der Waals surface area contributed by atoms with Crippen molar-refractivity contribution < 1.29 is 9.84 Å². The Labute approximate surface area is 129 Å². The van der Waals surface area contributed by atoms with Crippen LogP contribution in [0.25, 0.3) is 0 Å². The molecule has 120 valence electrons. The zero-order valence-corrected chi connectivity index (χ0v) is 14.4. The molecule has 3 nitrogen and oxygen atoms in total. The van der Waals surface area contributed by atoms with Gasteiger partial charge in [-0.2, -0.15) is 0 Å². The van der Waals surface area contributed by atoms with Crippen LogP contribution in [0.3, 0.4) is 0 Å². The number of aliphatic hydroxyl groups excluding tert-OH is 1. The smallest absolute Gasteiger partial charge is 0.122 e. The molecule has 2 N–H and O–H groups in total. The molecule has 1 aromatic rings. The summed E-state index contributed by atoms with van der Waals surface area (Å²) in [5.74, 6) is 1.46. The Kier molecular flexibility index (Phi) is 6.69. The second-order valence-corrected chi connectivity index (χ2v) is 7.01. The molecule has 1 rings (SSSR count). The largest absolute Gasteiger partial charge is 0.491 e. The summed E-state index contributed by atoms with van der Waals surface area (Å²) in [6.45, 7) is 14.8. The molecule has 3 heteroatoms. The van der Waals surface area contributed by atoms with Gasteiger partial charge in [0.1, 0.15) is 18.5 Å². The van der Waals surface area contributed by atoms with Crippen LogP contribution in [-0.2, 0) is 0 Å². The van der Waals surface area contributed by atoms with Crippen molar-refractivity contribution in [3.63, 3.8) is 0 Å². The molecular formula is C18H31NO2. The average Bonchev–Trinajstić information content (AvgIpc) is 2.39. The number of hydrogen-bond donors (Lipinski definition) is 2. The summed E-state index contributed by atoms with van der Waals surface area (Å²) < 4.78 is 5.72. The number of nitrogens with one attached hydrogen (secondary N) is 1. The number of aliphatic hydroxyl groups is 1. The lowest BCUT2D eigenvalue weighted by Crippen LogP contribution is -2.39. The van der Waals surface area contributed by atoms with Crippen LogP contribution in [0.15, 0.2) is 18.2 Å². The number of hydrogen-bond acceptors (Lipinski definition) is 3. The van der Waals surface area contributed by atoms with Crippen molar-refractivity contribution in [2.75, 3.05) is 19.7 Å². The monoisotopic (exact) mass is 293 g/mol. The minimum Gasteiger partial charge on any atom is -0.491 e. The van der Waals surface area contributed by atoms with Crippen LogP contribution in [0.2, 0.25) is 0 Å². The summed E-state index contributed by atoms with van der Waals surface area (Å²) in [4.78, 5) is 0. The highest BCUT2D eigenvalue weighted by Gasteiger charge is 2.22. The fraction of sp³-hybridized carbons (Fsp3) is 0.667. The molecule has 1 unspecified atom stereocenters. The maximum atomic E-state index is 10.0.